The van der Waals surface area contributed by atoms with Gasteiger partial charge in [-0.25, -0.2) is 0 Å². The normalized spacial score (nSPS) is 23.0. The molecule has 0 amide bonds. The minimum Gasteiger partial charge on any atom is -0.316 e. The molecule has 0 aromatic heterocycles. The molecule has 2 rings (SSSR count). The van der Waals surface area contributed by atoms with Crippen molar-refractivity contribution in [3.05, 3.63) is 35.9 Å². The van der Waals surface area contributed by atoms with E-state index in [1.165, 1.54) is 44.3 Å². The van der Waals surface area contributed by atoms with Crippen LogP contribution >= 0.6 is 0 Å². The Balaban J connectivity index is 1.90. The second-order valence-electron chi connectivity index (χ2n) is 4.26. The zero-order valence-corrected chi connectivity index (χ0v) is 8.71. The maximum Gasteiger partial charge on any atom is -0.00173 e. The molecular formula is C13H19N. The van der Waals surface area contributed by atoms with E-state index in [0.29, 0.717) is 0 Å². The molecule has 1 saturated heterocycles. The Kier molecular flexibility index (Phi) is 3.58. The molecule has 1 aromatic rings. The fourth-order valence-electron chi connectivity index (χ4n) is 2.21. The van der Waals surface area contributed by atoms with Crippen LogP contribution in [0.3, 0.4) is 0 Å². The number of rotatable bonds is 2. The highest BCUT2D eigenvalue weighted by Crippen LogP contribution is 2.16. The minimum absolute atomic E-state index is 0.847. The van der Waals surface area contributed by atoms with Gasteiger partial charge in [-0.2, -0.15) is 0 Å². The van der Waals surface area contributed by atoms with Gasteiger partial charge in [0.15, 0.2) is 0 Å². The lowest BCUT2D eigenvalue weighted by atomic mass is 9.95. The monoisotopic (exact) mass is 189 g/mol. The maximum absolute atomic E-state index is 3.52. The Morgan fingerprint density at radius 1 is 1.14 bits per heavy atom. The standard InChI is InChI=1S/C13H19N/c1-2-6-12(7-3-1)10-13-8-4-5-9-14-11-13/h1-3,6-7,13-14H,4-5,8-11H2/t13-/m1/s1. The molecule has 1 aliphatic heterocycles. The van der Waals surface area contributed by atoms with Crippen LogP contribution in [0.25, 0.3) is 0 Å². The summed E-state index contributed by atoms with van der Waals surface area (Å²) in [4.78, 5) is 0. The van der Waals surface area contributed by atoms with Crippen molar-refractivity contribution in [3.8, 4) is 0 Å². The molecular weight excluding hydrogens is 170 g/mol. The van der Waals surface area contributed by atoms with E-state index in [2.05, 4.69) is 35.6 Å². The third kappa shape index (κ3) is 2.85. The van der Waals surface area contributed by atoms with E-state index in [0.717, 1.165) is 5.92 Å². The summed E-state index contributed by atoms with van der Waals surface area (Å²) in [6.07, 6.45) is 5.38. The van der Waals surface area contributed by atoms with Gasteiger partial charge in [-0.05, 0) is 43.8 Å². The van der Waals surface area contributed by atoms with Gasteiger partial charge in [-0.1, -0.05) is 36.8 Å². The molecule has 1 heteroatoms. The van der Waals surface area contributed by atoms with Crippen LogP contribution in [0, 0.1) is 5.92 Å². The highest BCUT2D eigenvalue weighted by atomic mass is 14.9. The smallest absolute Gasteiger partial charge is 0.00173 e. The van der Waals surface area contributed by atoms with Gasteiger partial charge in [0, 0.05) is 0 Å². The topological polar surface area (TPSA) is 12.0 Å². The molecule has 0 aliphatic carbocycles. The fourth-order valence-corrected chi connectivity index (χ4v) is 2.21. The van der Waals surface area contributed by atoms with Gasteiger partial charge < -0.3 is 5.32 Å². The van der Waals surface area contributed by atoms with Gasteiger partial charge >= 0.3 is 0 Å². The molecule has 1 N–H and O–H groups in total. The Labute approximate surface area is 86.5 Å². The van der Waals surface area contributed by atoms with Crippen molar-refractivity contribution in [1.29, 1.82) is 0 Å². The highest BCUT2D eigenvalue weighted by Gasteiger charge is 2.11. The first-order chi connectivity index (χ1) is 6.95. The van der Waals surface area contributed by atoms with E-state index in [-0.39, 0.29) is 0 Å². The predicted molar refractivity (Wildman–Crippen MR) is 60.4 cm³/mol. The van der Waals surface area contributed by atoms with Gasteiger partial charge in [-0.15, -0.1) is 0 Å². The lowest BCUT2D eigenvalue weighted by molar-refractivity contribution is 0.477. The maximum atomic E-state index is 3.52. The zero-order chi connectivity index (χ0) is 9.64. The van der Waals surface area contributed by atoms with Crippen LogP contribution < -0.4 is 5.32 Å². The molecule has 1 nitrogen and oxygen atoms in total. The minimum atomic E-state index is 0.847. The summed E-state index contributed by atoms with van der Waals surface area (Å²) in [6.45, 7) is 2.42. The molecule has 76 valence electrons. The highest BCUT2D eigenvalue weighted by molar-refractivity contribution is 5.15. The third-order valence-electron chi connectivity index (χ3n) is 3.02. The van der Waals surface area contributed by atoms with Gasteiger partial charge in [0.1, 0.15) is 0 Å². The van der Waals surface area contributed by atoms with Crippen LogP contribution in [0.1, 0.15) is 24.8 Å². The van der Waals surface area contributed by atoms with Crippen molar-refractivity contribution in [2.45, 2.75) is 25.7 Å². The molecule has 0 unspecified atom stereocenters. The van der Waals surface area contributed by atoms with Crippen molar-refractivity contribution in [1.82, 2.24) is 5.32 Å². The van der Waals surface area contributed by atoms with Crippen LogP contribution in [-0.4, -0.2) is 13.1 Å². The number of benzene rings is 1. The van der Waals surface area contributed by atoms with Gasteiger partial charge in [0.05, 0.1) is 0 Å². The molecule has 0 saturated carbocycles. The molecule has 1 atom stereocenters. The SMILES string of the molecule is c1ccc(C[C@H]2CCCCNC2)cc1. The van der Waals surface area contributed by atoms with Crippen molar-refractivity contribution in [2.75, 3.05) is 13.1 Å². The Hall–Kier alpha value is -0.820. The predicted octanol–water partition coefficient (Wildman–Crippen LogP) is 2.62. The van der Waals surface area contributed by atoms with Crippen molar-refractivity contribution < 1.29 is 0 Å². The van der Waals surface area contributed by atoms with E-state index < -0.39 is 0 Å². The summed E-state index contributed by atoms with van der Waals surface area (Å²) in [5.41, 5.74) is 1.49. The lowest BCUT2D eigenvalue weighted by Crippen LogP contribution is -2.21. The number of hydrogen-bond donors (Lipinski definition) is 1. The van der Waals surface area contributed by atoms with E-state index in [4.69, 9.17) is 0 Å². The van der Waals surface area contributed by atoms with E-state index in [1.54, 1.807) is 0 Å². The zero-order valence-electron chi connectivity index (χ0n) is 8.71. The van der Waals surface area contributed by atoms with Crippen LogP contribution in [0.15, 0.2) is 30.3 Å². The van der Waals surface area contributed by atoms with Gasteiger partial charge in [-0.3, -0.25) is 0 Å². The molecule has 0 radical (unpaired) electrons. The average Bonchev–Trinajstić information content (AvgIpc) is 2.48. The molecule has 0 spiro atoms. The molecule has 1 heterocycles. The van der Waals surface area contributed by atoms with Crippen LogP contribution in [-0.2, 0) is 6.42 Å². The summed E-state index contributed by atoms with van der Waals surface area (Å²) in [7, 11) is 0. The van der Waals surface area contributed by atoms with Crippen LogP contribution in [0.2, 0.25) is 0 Å². The van der Waals surface area contributed by atoms with Crippen LogP contribution in [0.4, 0.5) is 0 Å². The number of hydrogen-bond acceptors (Lipinski definition) is 1. The summed E-state index contributed by atoms with van der Waals surface area (Å²) in [5.74, 6) is 0.847. The molecule has 1 aliphatic rings. The van der Waals surface area contributed by atoms with Crippen LogP contribution in [0.5, 0.6) is 0 Å². The third-order valence-corrected chi connectivity index (χ3v) is 3.02. The lowest BCUT2D eigenvalue weighted by Gasteiger charge is -2.13. The first-order valence-corrected chi connectivity index (χ1v) is 5.70. The Bertz CT molecular complexity index is 247. The second-order valence-corrected chi connectivity index (χ2v) is 4.26. The van der Waals surface area contributed by atoms with E-state index in [1.807, 2.05) is 0 Å². The molecule has 1 aromatic carbocycles. The quantitative estimate of drug-likeness (QED) is 0.754. The summed E-state index contributed by atoms with van der Waals surface area (Å²) < 4.78 is 0. The van der Waals surface area contributed by atoms with Gasteiger partial charge in [0.2, 0.25) is 0 Å². The summed E-state index contributed by atoms with van der Waals surface area (Å²) in [6, 6.07) is 10.9. The van der Waals surface area contributed by atoms with E-state index >= 15 is 0 Å². The van der Waals surface area contributed by atoms with Crippen molar-refractivity contribution >= 4 is 0 Å². The summed E-state index contributed by atoms with van der Waals surface area (Å²) in [5, 5.41) is 3.52. The number of nitrogens with one attached hydrogen (secondary N) is 1. The van der Waals surface area contributed by atoms with Crippen molar-refractivity contribution in [3.63, 3.8) is 0 Å². The average molecular weight is 189 g/mol. The fraction of sp³-hybridized carbons (Fsp3) is 0.538. The van der Waals surface area contributed by atoms with Crippen molar-refractivity contribution in [2.24, 2.45) is 5.92 Å². The second kappa shape index (κ2) is 5.16. The first kappa shape index (κ1) is 9.72. The van der Waals surface area contributed by atoms with Gasteiger partial charge in [0.25, 0.3) is 0 Å². The Morgan fingerprint density at radius 3 is 2.86 bits per heavy atom. The molecule has 0 bridgehead atoms. The van der Waals surface area contributed by atoms with E-state index in [9.17, 15) is 0 Å². The summed E-state index contributed by atoms with van der Waals surface area (Å²) >= 11 is 0. The molecule has 14 heavy (non-hydrogen) atoms. The first-order valence-electron chi connectivity index (χ1n) is 5.70. The largest absolute Gasteiger partial charge is 0.316 e. The molecule has 1 fully saturated rings. The Morgan fingerprint density at radius 2 is 2.00 bits per heavy atom.